The van der Waals surface area contributed by atoms with Crippen LogP contribution in [0.4, 0.5) is 28.9 Å². The van der Waals surface area contributed by atoms with Gasteiger partial charge in [0, 0.05) is 16.9 Å². The van der Waals surface area contributed by atoms with Crippen LogP contribution < -0.4 is 10.2 Å². The van der Waals surface area contributed by atoms with Gasteiger partial charge in [0.15, 0.2) is 0 Å². The normalized spacial score (nSPS) is 16.3. The second-order valence-corrected chi connectivity index (χ2v) is 8.13. The van der Waals surface area contributed by atoms with Crippen LogP contribution in [0.1, 0.15) is 26.9 Å². The van der Waals surface area contributed by atoms with E-state index < -0.39 is 28.8 Å². The average molecular weight is 460 g/mol. The van der Waals surface area contributed by atoms with Crippen LogP contribution in [0, 0.1) is 5.82 Å². The summed E-state index contributed by atoms with van der Waals surface area (Å²) >= 11 is 1.33. The number of thioether (sulfide) groups is 1. The molecule has 0 saturated carbocycles. The number of alkyl halides is 3. The summed E-state index contributed by atoms with van der Waals surface area (Å²) in [5.41, 5.74) is 0.862. The lowest BCUT2D eigenvalue weighted by atomic mass is 10.1. The van der Waals surface area contributed by atoms with E-state index in [0.29, 0.717) is 16.9 Å². The quantitative estimate of drug-likeness (QED) is 0.495. The second-order valence-electron chi connectivity index (χ2n) is 7.06. The van der Waals surface area contributed by atoms with Crippen molar-refractivity contribution >= 4 is 35.0 Å². The Morgan fingerprint density at radius 2 is 1.72 bits per heavy atom. The maximum atomic E-state index is 13.4. The minimum atomic E-state index is -4.46. The van der Waals surface area contributed by atoms with Crippen LogP contribution >= 0.6 is 11.8 Å². The molecule has 0 spiro atoms. The van der Waals surface area contributed by atoms with Gasteiger partial charge in [-0.25, -0.2) is 4.39 Å². The molecule has 4 rings (SSSR count). The highest BCUT2D eigenvalue weighted by atomic mass is 32.2. The number of benzene rings is 3. The molecule has 0 radical (unpaired) electrons. The van der Waals surface area contributed by atoms with Crippen LogP contribution in [0.25, 0.3) is 0 Å². The van der Waals surface area contributed by atoms with Gasteiger partial charge in [0.25, 0.3) is 5.91 Å². The fraction of sp³-hybridized carbons (Fsp3) is 0.130. The van der Waals surface area contributed by atoms with Crippen molar-refractivity contribution in [3.05, 3.63) is 95.3 Å². The maximum absolute atomic E-state index is 13.4. The van der Waals surface area contributed by atoms with E-state index in [1.165, 1.54) is 47.0 Å². The molecule has 4 nitrogen and oxygen atoms in total. The zero-order chi connectivity index (χ0) is 22.9. The first kappa shape index (κ1) is 21.9. The van der Waals surface area contributed by atoms with Crippen LogP contribution in [0.5, 0.6) is 0 Å². The number of nitrogens with zero attached hydrogens (tertiary/aromatic N) is 1. The van der Waals surface area contributed by atoms with Gasteiger partial charge >= 0.3 is 6.18 Å². The predicted molar refractivity (Wildman–Crippen MR) is 115 cm³/mol. The van der Waals surface area contributed by atoms with Crippen LogP contribution in [-0.2, 0) is 11.0 Å². The average Bonchev–Trinajstić information content (AvgIpc) is 3.15. The third kappa shape index (κ3) is 4.62. The van der Waals surface area contributed by atoms with E-state index in [2.05, 4.69) is 5.32 Å². The van der Waals surface area contributed by atoms with Crippen molar-refractivity contribution in [2.45, 2.75) is 11.6 Å². The molecule has 0 aliphatic carbocycles. The van der Waals surface area contributed by atoms with Gasteiger partial charge in [0.05, 0.1) is 11.3 Å². The Labute approximate surface area is 185 Å². The minimum absolute atomic E-state index is 0.159. The minimum Gasteiger partial charge on any atom is -0.322 e. The Morgan fingerprint density at radius 1 is 1.00 bits per heavy atom. The van der Waals surface area contributed by atoms with E-state index in [4.69, 9.17) is 0 Å². The first-order chi connectivity index (χ1) is 15.2. The Hall–Kier alpha value is -3.33. The van der Waals surface area contributed by atoms with Crippen LogP contribution in [0.15, 0.2) is 72.8 Å². The number of hydrogen-bond donors (Lipinski definition) is 1. The van der Waals surface area contributed by atoms with E-state index in [9.17, 15) is 27.2 Å². The van der Waals surface area contributed by atoms with Gasteiger partial charge in [0.2, 0.25) is 5.91 Å². The summed E-state index contributed by atoms with van der Waals surface area (Å²) in [7, 11) is 0. The summed E-state index contributed by atoms with van der Waals surface area (Å²) in [4.78, 5) is 26.4. The molecule has 1 unspecified atom stereocenters. The number of hydrogen-bond acceptors (Lipinski definition) is 3. The van der Waals surface area contributed by atoms with Gasteiger partial charge < -0.3 is 5.32 Å². The maximum Gasteiger partial charge on any atom is 0.416 e. The van der Waals surface area contributed by atoms with Gasteiger partial charge in [-0.05, 0) is 60.2 Å². The van der Waals surface area contributed by atoms with Crippen molar-refractivity contribution in [3.8, 4) is 0 Å². The zero-order valence-electron chi connectivity index (χ0n) is 16.4. The molecule has 1 aliphatic rings. The molecule has 2 amide bonds. The molecule has 164 valence electrons. The van der Waals surface area contributed by atoms with Crippen molar-refractivity contribution < 1.29 is 27.2 Å². The number of nitrogens with one attached hydrogen (secondary N) is 1. The topological polar surface area (TPSA) is 49.4 Å². The van der Waals surface area contributed by atoms with Gasteiger partial charge in [-0.3, -0.25) is 14.5 Å². The van der Waals surface area contributed by atoms with E-state index in [-0.39, 0.29) is 17.2 Å². The van der Waals surface area contributed by atoms with Crippen molar-refractivity contribution in [2.75, 3.05) is 16.0 Å². The predicted octanol–water partition coefficient (Wildman–Crippen LogP) is 5.88. The summed E-state index contributed by atoms with van der Waals surface area (Å²) in [6.07, 6.45) is -4.46. The SMILES string of the molecule is O=C(Nc1cccc(C2SCC(=O)N2c2ccc(C(F)(F)F)cc2)c1)c1cccc(F)c1. The van der Waals surface area contributed by atoms with Gasteiger partial charge in [-0.2, -0.15) is 13.2 Å². The number of carbonyl (C=O) groups excluding carboxylic acids is 2. The van der Waals surface area contributed by atoms with Crippen LogP contribution in [0.2, 0.25) is 0 Å². The lowest BCUT2D eigenvalue weighted by Crippen LogP contribution is -2.28. The Bertz CT molecular complexity index is 1170. The lowest BCUT2D eigenvalue weighted by molar-refractivity contribution is -0.137. The summed E-state index contributed by atoms with van der Waals surface area (Å²) in [5.74, 6) is -1.07. The fourth-order valence-electron chi connectivity index (χ4n) is 3.36. The van der Waals surface area contributed by atoms with E-state index in [1.807, 2.05) is 0 Å². The molecule has 1 atom stereocenters. The number of halogens is 4. The molecule has 32 heavy (non-hydrogen) atoms. The summed E-state index contributed by atoms with van der Waals surface area (Å²) in [6.45, 7) is 0. The molecule has 0 bridgehead atoms. The highest BCUT2D eigenvalue weighted by molar-refractivity contribution is 8.00. The van der Waals surface area contributed by atoms with E-state index in [1.54, 1.807) is 24.3 Å². The molecular weight excluding hydrogens is 444 g/mol. The van der Waals surface area contributed by atoms with Gasteiger partial charge in [0.1, 0.15) is 11.2 Å². The third-order valence-corrected chi connectivity index (χ3v) is 6.07. The highest BCUT2D eigenvalue weighted by Gasteiger charge is 2.35. The fourth-order valence-corrected chi connectivity index (χ4v) is 4.53. The van der Waals surface area contributed by atoms with Crippen LogP contribution in [0.3, 0.4) is 0 Å². The molecule has 1 saturated heterocycles. The summed E-state index contributed by atoms with van der Waals surface area (Å²) in [6, 6.07) is 16.5. The molecular formula is C23H16F4N2O2S. The first-order valence-electron chi connectivity index (χ1n) is 9.50. The number of rotatable bonds is 4. The Morgan fingerprint density at radius 3 is 2.41 bits per heavy atom. The zero-order valence-corrected chi connectivity index (χ0v) is 17.2. The molecule has 9 heteroatoms. The van der Waals surface area contributed by atoms with Crippen LogP contribution in [-0.4, -0.2) is 17.6 Å². The van der Waals surface area contributed by atoms with E-state index >= 15 is 0 Å². The Kier molecular flexibility index (Phi) is 5.92. The molecule has 3 aromatic rings. The third-order valence-electron chi connectivity index (χ3n) is 4.86. The first-order valence-corrected chi connectivity index (χ1v) is 10.5. The Balaban J connectivity index is 1.57. The highest BCUT2D eigenvalue weighted by Crippen LogP contribution is 2.43. The van der Waals surface area contributed by atoms with E-state index in [0.717, 1.165) is 18.2 Å². The standard InChI is InChI=1S/C23H16F4N2O2S/c24-17-5-1-3-14(11-17)21(31)28-18-6-2-4-15(12-18)22-29(20(30)13-32-22)19-9-7-16(8-10-19)23(25,26)27/h1-12,22H,13H2,(H,28,31). The van der Waals surface area contributed by atoms with Crippen molar-refractivity contribution in [3.63, 3.8) is 0 Å². The molecule has 1 aliphatic heterocycles. The van der Waals surface area contributed by atoms with Crippen molar-refractivity contribution in [1.29, 1.82) is 0 Å². The molecule has 1 N–H and O–H groups in total. The number of carbonyl (C=O) groups is 2. The number of anilines is 2. The summed E-state index contributed by atoms with van der Waals surface area (Å²) < 4.78 is 52.0. The summed E-state index contributed by atoms with van der Waals surface area (Å²) in [5, 5.41) is 2.23. The molecule has 0 aromatic heterocycles. The van der Waals surface area contributed by atoms with Gasteiger partial charge in [-0.1, -0.05) is 18.2 Å². The number of amides is 2. The second kappa shape index (κ2) is 8.66. The van der Waals surface area contributed by atoms with Gasteiger partial charge in [-0.15, -0.1) is 11.8 Å². The molecule has 1 fully saturated rings. The largest absolute Gasteiger partial charge is 0.416 e. The van der Waals surface area contributed by atoms with Crippen molar-refractivity contribution in [2.24, 2.45) is 0 Å². The smallest absolute Gasteiger partial charge is 0.322 e. The monoisotopic (exact) mass is 460 g/mol. The molecule has 1 heterocycles. The molecule has 3 aromatic carbocycles. The lowest BCUT2D eigenvalue weighted by Gasteiger charge is -2.25. The van der Waals surface area contributed by atoms with Crippen molar-refractivity contribution in [1.82, 2.24) is 0 Å².